The van der Waals surface area contributed by atoms with Crippen molar-refractivity contribution in [3.8, 4) is 17.2 Å². The number of benzene rings is 1. The SMILES string of the molecule is O=C(NCCc1cccnc1)c1cc(COc2ccc3c(c2)OCO3)[nH]n1. The van der Waals surface area contributed by atoms with E-state index in [1.807, 2.05) is 12.1 Å². The van der Waals surface area contributed by atoms with Crippen molar-refractivity contribution >= 4 is 5.91 Å². The number of nitrogens with one attached hydrogen (secondary N) is 2. The van der Waals surface area contributed by atoms with E-state index in [1.165, 1.54) is 0 Å². The molecule has 4 rings (SSSR count). The third kappa shape index (κ3) is 4.17. The van der Waals surface area contributed by atoms with Crippen LogP contribution in [0.1, 0.15) is 21.7 Å². The zero-order chi connectivity index (χ0) is 18.5. The number of fused-ring (bicyclic) bond motifs is 1. The smallest absolute Gasteiger partial charge is 0.271 e. The standard InChI is InChI=1S/C19H18N4O4/c24-19(21-7-5-13-2-1-6-20-10-13)16-8-14(22-23-16)11-25-15-3-4-17-18(9-15)27-12-26-17/h1-4,6,8-10H,5,7,11-12H2,(H,21,24)(H,22,23). The minimum absolute atomic E-state index is 0.221. The highest BCUT2D eigenvalue weighted by Crippen LogP contribution is 2.35. The van der Waals surface area contributed by atoms with Gasteiger partial charge in [0.2, 0.25) is 6.79 Å². The van der Waals surface area contributed by atoms with E-state index in [-0.39, 0.29) is 19.3 Å². The molecule has 0 aliphatic carbocycles. The summed E-state index contributed by atoms with van der Waals surface area (Å²) in [5.74, 6) is 1.78. The molecular weight excluding hydrogens is 348 g/mol. The van der Waals surface area contributed by atoms with E-state index in [0.717, 1.165) is 5.56 Å². The first kappa shape index (κ1) is 16.9. The molecule has 8 nitrogen and oxygen atoms in total. The van der Waals surface area contributed by atoms with E-state index in [1.54, 1.807) is 36.7 Å². The molecule has 8 heteroatoms. The predicted molar refractivity (Wildman–Crippen MR) is 95.8 cm³/mol. The zero-order valence-corrected chi connectivity index (χ0v) is 14.5. The minimum Gasteiger partial charge on any atom is -0.487 e. The molecular formula is C19H18N4O4. The third-order valence-electron chi connectivity index (χ3n) is 4.02. The van der Waals surface area contributed by atoms with Gasteiger partial charge in [-0.1, -0.05) is 6.07 Å². The Morgan fingerprint density at radius 2 is 2.15 bits per heavy atom. The molecule has 0 bridgehead atoms. The summed E-state index contributed by atoms with van der Waals surface area (Å²) in [6.45, 7) is 0.995. The molecule has 1 aliphatic heterocycles. The number of nitrogens with zero attached hydrogens (tertiary/aromatic N) is 2. The second-order valence-corrected chi connectivity index (χ2v) is 5.95. The second-order valence-electron chi connectivity index (χ2n) is 5.95. The van der Waals surface area contributed by atoms with Crippen LogP contribution in [0, 0.1) is 0 Å². The van der Waals surface area contributed by atoms with Gasteiger partial charge in [0.15, 0.2) is 11.5 Å². The number of aromatic nitrogens is 3. The maximum atomic E-state index is 12.2. The number of H-pyrrole nitrogens is 1. The molecule has 0 spiro atoms. The summed E-state index contributed by atoms with van der Waals surface area (Å²) in [7, 11) is 0. The van der Waals surface area contributed by atoms with Crippen LogP contribution in [0.5, 0.6) is 17.2 Å². The largest absolute Gasteiger partial charge is 0.487 e. The molecule has 0 saturated heterocycles. The number of hydrogen-bond donors (Lipinski definition) is 2. The molecule has 0 fully saturated rings. The summed E-state index contributed by atoms with van der Waals surface area (Å²) < 4.78 is 16.3. The molecule has 0 radical (unpaired) electrons. The number of aromatic amines is 1. The maximum absolute atomic E-state index is 12.2. The van der Waals surface area contributed by atoms with Crippen molar-refractivity contribution in [3.63, 3.8) is 0 Å². The first-order chi connectivity index (χ1) is 13.3. The number of carbonyl (C=O) groups excluding carboxylic acids is 1. The number of carbonyl (C=O) groups is 1. The Kier molecular flexibility index (Phi) is 4.86. The van der Waals surface area contributed by atoms with Crippen LogP contribution in [-0.4, -0.2) is 34.4 Å². The van der Waals surface area contributed by atoms with Gasteiger partial charge in [-0.05, 0) is 36.2 Å². The van der Waals surface area contributed by atoms with Crippen LogP contribution in [0.25, 0.3) is 0 Å². The quantitative estimate of drug-likeness (QED) is 0.664. The Hall–Kier alpha value is -3.55. The highest BCUT2D eigenvalue weighted by atomic mass is 16.7. The lowest BCUT2D eigenvalue weighted by molar-refractivity contribution is 0.0949. The van der Waals surface area contributed by atoms with Gasteiger partial charge in [-0.3, -0.25) is 14.9 Å². The number of amides is 1. The number of rotatable bonds is 7. The first-order valence-corrected chi connectivity index (χ1v) is 8.52. The number of pyridine rings is 1. The van der Waals surface area contributed by atoms with Gasteiger partial charge >= 0.3 is 0 Å². The normalized spacial score (nSPS) is 12.0. The van der Waals surface area contributed by atoms with Crippen molar-refractivity contribution in [2.45, 2.75) is 13.0 Å². The van der Waals surface area contributed by atoms with Crippen LogP contribution in [0.15, 0.2) is 48.8 Å². The van der Waals surface area contributed by atoms with Crippen LogP contribution < -0.4 is 19.5 Å². The fraction of sp³-hybridized carbons (Fsp3) is 0.211. The Bertz CT molecular complexity index is 926. The van der Waals surface area contributed by atoms with E-state index in [0.29, 0.717) is 41.6 Å². The monoisotopic (exact) mass is 366 g/mol. The predicted octanol–water partition coefficient (Wildman–Crippen LogP) is 2.08. The summed E-state index contributed by atoms with van der Waals surface area (Å²) >= 11 is 0. The minimum atomic E-state index is -0.232. The van der Waals surface area contributed by atoms with Crippen LogP contribution in [-0.2, 0) is 13.0 Å². The summed E-state index contributed by atoms with van der Waals surface area (Å²) in [5, 5.41) is 9.70. The highest BCUT2D eigenvalue weighted by Gasteiger charge is 2.14. The summed E-state index contributed by atoms with van der Waals surface area (Å²) in [6, 6.07) is 10.9. The van der Waals surface area contributed by atoms with Crippen LogP contribution in [0.4, 0.5) is 0 Å². The molecule has 2 aromatic heterocycles. The molecule has 3 aromatic rings. The van der Waals surface area contributed by atoms with Gasteiger partial charge < -0.3 is 19.5 Å². The topological polar surface area (TPSA) is 98.4 Å². The lowest BCUT2D eigenvalue weighted by Crippen LogP contribution is -2.26. The molecule has 138 valence electrons. The molecule has 0 atom stereocenters. The van der Waals surface area contributed by atoms with E-state index < -0.39 is 0 Å². The second kappa shape index (κ2) is 7.77. The lowest BCUT2D eigenvalue weighted by atomic mass is 10.2. The first-order valence-electron chi connectivity index (χ1n) is 8.52. The number of hydrogen-bond acceptors (Lipinski definition) is 6. The molecule has 27 heavy (non-hydrogen) atoms. The van der Waals surface area contributed by atoms with Crippen molar-refractivity contribution in [1.82, 2.24) is 20.5 Å². The van der Waals surface area contributed by atoms with Crippen LogP contribution in [0.2, 0.25) is 0 Å². The Labute approximate surface area is 155 Å². The Morgan fingerprint density at radius 3 is 3.04 bits per heavy atom. The molecule has 2 N–H and O–H groups in total. The maximum Gasteiger partial charge on any atom is 0.271 e. The Morgan fingerprint density at radius 1 is 1.22 bits per heavy atom. The highest BCUT2D eigenvalue weighted by molar-refractivity contribution is 5.92. The van der Waals surface area contributed by atoms with E-state index in [4.69, 9.17) is 14.2 Å². The summed E-state index contributed by atoms with van der Waals surface area (Å²) in [6.07, 6.45) is 4.22. The van der Waals surface area contributed by atoms with E-state index in [9.17, 15) is 4.79 Å². The fourth-order valence-corrected chi connectivity index (χ4v) is 2.64. The van der Waals surface area contributed by atoms with Crippen LogP contribution >= 0.6 is 0 Å². The van der Waals surface area contributed by atoms with Crippen molar-refractivity contribution < 1.29 is 19.0 Å². The van der Waals surface area contributed by atoms with Gasteiger partial charge in [0.05, 0.1) is 5.69 Å². The van der Waals surface area contributed by atoms with Gasteiger partial charge in [-0.25, -0.2) is 0 Å². The van der Waals surface area contributed by atoms with Crippen LogP contribution in [0.3, 0.4) is 0 Å². The summed E-state index contributed by atoms with van der Waals surface area (Å²) in [4.78, 5) is 16.2. The third-order valence-corrected chi connectivity index (χ3v) is 4.02. The average Bonchev–Trinajstić information content (AvgIpc) is 3.36. The van der Waals surface area contributed by atoms with Crippen molar-refractivity contribution in [3.05, 3.63) is 65.7 Å². The Balaban J connectivity index is 1.27. The van der Waals surface area contributed by atoms with E-state index >= 15 is 0 Å². The van der Waals surface area contributed by atoms with Crippen molar-refractivity contribution in [2.75, 3.05) is 13.3 Å². The fourth-order valence-electron chi connectivity index (χ4n) is 2.64. The molecule has 1 aliphatic rings. The summed E-state index contributed by atoms with van der Waals surface area (Å²) in [5.41, 5.74) is 2.09. The molecule has 1 amide bonds. The molecule has 3 heterocycles. The van der Waals surface area contributed by atoms with E-state index in [2.05, 4.69) is 20.5 Å². The number of ether oxygens (including phenoxy) is 3. The van der Waals surface area contributed by atoms with Gasteiger partial charge in [0.25, 0.3) is 5.91 Å². The molecule has 0 unspecified atom stereocenters. The molecule has 0 saturated carbocycles. The van der Waals surface area contributed by atoms with Gasteiger partial charge in [0, 0.05) is 25.0 Å². The zero-order valence-electron chi connectivity index (χ0n) is 14.5. The molecule has 1 aromatic carbocycles. The average molecular weight is 366 g/mol. The van der Waals surface area contributed by atoms with Gasteiger partial charge in [-0.2, -0.15) is 5.10 Å². The lowest BCUT2D eigenvalue weighted by Gasteiger charge is -2.05. The van der Waals surface area contributed by atoms with Crippen molar-refractivity contribution in [1.29, 1.82) is 0 Å². The van der Waals surface area contributed by atoms with Gasteiger partial charge in [0.1, 0.15) is 18.1 Å². The van der Waals surface area contributed by atoms with Crippen molar-refractivity contribution in [2.24, 2.45) is 0 Å². The van der Waals surface area contributed by atoms with Gasteiger partial charge in [-0.15, -0.1) is 0 Å².